The lowest BCUT2D eigenvalue weighted by atomic mass is 10.1. The molecule has 2 rings (SSSR count). The standard InChI is InChI=1S/C14H12N4O7/c1-7-4-8(2-3-10(7)15)16-13-11(17(21)22)5-9(25-14(19)20)6-12(13)18(23)24/h2-6,16H,15H2,1H3,(H,19,20). The first-order valence-electron chi connectivity index (χ1n) is 6.69. The van der Waals surface area contributed by atoms with E-state index in [0.29, 0.717) is 16.9 Å². The molecule has 25 heavy (non-hydrogen) atoms. The summed E-state index contributed by atoms with van der Waals surface area (Å²) in [7, 11) is 0. The number of nitrogen functional groups attached to an aromatic ring is 1. The van der Waals surface area contributed by atoms with Crippen LogP contribution in [0.1, 0.15) is 5.56 Å². The number of ether oxygens (including phenoxy) is 1. The van der Waals surface area contributed by atoms with E-state index in [9.17, 15) is 25.0 Å². The van der Waals surface area contributed by atoms with Gasteiger partial charge in [0.05, 0.1) is 22.0 Å². The van der Waals surface area contributed by atoms with Crippen LogP contribution in [-0.2, 0) is 0 Å². The average Bonchev–Trinajstić information content (AvgIpc) is 2.51. The summed E-state index contributed by atoms with van der Waals surface area (Å²) in [6, 6.07) is 6.17. The lowest BCUT2D eigenvalue weighted by Gasteiger charge is -2.10. The van der Waals surface area contributed by atoms with Crippen LogP contribution >= 0.6 is 0 Å². The number of carbonyl (C=O) groups is 1. The summed E-state index contributed by atoms with van der Waals surface area (Å²) in [6.45, 7) is 1.70. The van der Waals surface area contributed by atoms with Crippen molar-refractivity contribution < 1.29 is 24.5 Å². The average molecular weight is 348 g/mol. The van der Waals surface area contributed by atoms with E-state index in [1.165, 1.54) is 12.1 Å². The predicted octanol–water partition coefficient (Wildman–Crippen LogP) is 3.19. The third-order valence-electron chi connectivity index (χ3n) is 3.21. The Balaban J connectivity index is 2.60. The van der Waals surface area contributed by atoms with Crippen molar-refractivity contribution in [3.63, 3.8) is 0 Å². The minimum atomic E-state index is -1.75. The molecule has 0 unspecified atom stereocenters. The van der Waals surface area contributed by atoms with Crippen molar-refractivity contribution in [3.05, 3.63) is 56.1 Å². The van der Waals surface area contributed by atoms with Crippen LogP contribution in [-0.4, -0.2) is 21.1 Å². The molecule has 4 N–H and O–H groups in total. The van der Waals surface area contributed by atoms with Crippen LogP contribution in [0.25, 0.3) is 0 Å². The highest BCUT2D eigenvalue weighted by Crippen LogP contribution is 2.40. The molecule has 0 aliphatic carbocycles. The number of hydrogen-bond donors (Lipinski definition) is 3. The van der Waals surface area contributed by atoms with Crippen LogP contribution < -0.4 is 15.8 Å². The van der Waals surface area contributed by atoms with Gasteiger partial charge >= 0.3 is 17.5 Å². The second kappa shape index (κ2) is 6.70. The minimum absolute atomic E-state index is 0.338. The Bertz CT molecular complexity index is 846. The second-order valence-electron chi connectivity index (χ2n) is 4.92. The summed E-state index contributed by atoms with van der Waals surface area (Å²) in [5, 5.41) is 33.7. The first kappa shape index (κ1) is 17.5. The number of anilines is 3. The Hall–Kier alpha value is -3.89. The highest BCUT2D eigenvalue weighted by molar-refractivity contribution is 5.81. The lowest BCUT2D eigenvalue weighted by molar-refractivity contribution is -0.392. The molecule has 11 nitrogen and oxygen atoms in total. The zero-order valence-corrected chi connectivity index (χ0v) is 12.8. The van der Waals surface area contributed by atoms with Crippen LogP contribution in [0.3, 0.4) is 0 Å². The number of hydrogen-bond acceptors (Lipinski definition) is 8. The fourth-order valence-corrected chi connectivity index (χ4v) is 2.06. The van der Waals surface area contributed by atoms with Gasteiger partial charge in [-0.15, -0.1) is 0 Å². The van der Waals surface area contributed by atoms with Crippen LogP contribution in [0.2, 0.25) is 0 Å². The van der Waals surface area contributed by atoms with E-state index in [4.69, 9.17) is 10.8 Å². The maximum atomic E-state index is 11.3. The lowest BCUT2D eigenvalue weighted by Crippen LogP contribution is -2.06. The molecule has 0 aliphatic rings. The zero-order valence-electron chi connectivity index (χ0n) is 12.8. The number of nitrogens with one attached hydrogen (secondary N) is 1. The van der Waals surface area contributed by atoms with Crippen molar-refractivity contribution in [3.8, 4) is 5.75 Å². The van der Waals surface area contributed by atoms with Gasteiger partial charge in [-0.25, -0.2) is 4.79 Å². The largest absolute Gasteiger partial charge is 0.511 e. The molecule has 0 spiro atoms. The van der Waals surface area contributed by atoms with Crippen molar-refractivity contribution >= 4 is 34.6 Å². The van der Waals surface area contributed by atoms with Crippen LogP contribution in [0.15, 0.2) is 30.3 Å². The first-order chi connectivity index (χ1) is 11.7. The van der Waals surface area contributed by atoms with Gasteiger partial charge in [0.1, 0.15) is 5.75 Å². The van der Waals surface area contributed by atoms with Crippen LogP contribution in [0.5, 0.6) is 5.75 Å². The molecule has 0 radical (unpaired) electrons. The third-order valence-corrected chi connectivity index (χ3v) is 3.21. The minimum Gasteiger partial charge on any atom is -0.449 e. The summed E-state index contributed by atoms with van der Waals surface area (Å²) in [4.78, 5) is 31.4. The van der Waals surface area contributed by atoms with Gasteiger partial charge in [0.15, 0.2) is 5.69 Å². The first-order valence-corrected chi connectivity index (χ1v) is 6.69. The van der Waals surface area contributed by atoms with Gasteiger partial charge in [-0.3, -0.25) is 20.2 Å². The van der Waals surface area contributed by atoms with Crippen LogP contribution in [0.4, 0.5) is 33.2 Å². The maximum absolute atomic E-state index is 11.3. The third kappa shape index (κ3) is 3.90. The fraction of sp³-hybridized carbons (Fsp3) is 0.0714. The number of aryl methyl sites for hydroxylation is 1. The number of benzene rings is 2. The monoisotopic (exact) mass is 348 g/mol. The Labute approximate surface area is 139 Å². The van der Waals surface area contributed by atoms with Gasteiger partial charge in [0.25, 0.3) is 0 Å². The number of nitro benzene ring substituents is 2. The quantitative estimate of drug-likeness (QED) is 0.241. The number of rotatable bonds is 5. The topological polar surface area (TPSA) is 171 Å². The van der Waals surface area contributed by atoms with E-state index in [-0.39, 0.29) is 0 Å². The SMILES string of the molecule is Cc1cc(Nc2c([N+](=O)[O-])cc(OC(=O)O)cc2[N+](=O)[O-])ccc1N. The molecule has 2 aromatic rings. The molecule has 11 heteroatoms. The predicted molar refractivity (Wildman–Crippen MR) is 87.3 cm³/mol. The molecule has 130 valence electrons. The summed E-state index contributed by atoms with van der Waals surface area (Å²) in [5.41, 5.74) is 5.36. The molecule has 0 aliphatic heterocycles. The number of nitrogens with zero attached hydrogens (tertiary/aromatic N) is 2. The molecule has 0 amide bonds. The van der Waals surface area contributed by atoms with E-state index in [1.807, 2.05) is 0 Å². The smallest absolute Gasteiger partial charge is 0.449 e. The molecule has 0 saturated heterocycles. The van der Waals surface area contributed by atoms with E-state index in [1.54, 1.807) is 13.0 Å². The zero-order chi connectivity index (χ0) is 18.7. The van der Waals surface area contributed by atoms with Gasteiger partial charge < -0.3 is 20.9 Å². The van der Waals surface area contributed by atoms with E-state index >= 15 is 0 Å². The van der Waals surface area contributed by atoms with Gasteiger partial charge in [0, 0.05) is 11.4 Å². The Morgan fingerprint density at radius 1 is 1.16 bits per heavy atom. The summed E-state index contributed by atoms with van der Waals surface area (Å²) >= 11 is 0. The molecule has 2 aromatic carbocycles. The maximum Gasteiger partial charge on any atom is 0.511 e. The Kier molecular flexibility index (Phi) is 4.68. The Morgan fingerprint density at radius 3 is 2.16 bits per heavy atom. The van der Waals surface area contributed by atoms with Gasteiger partial charge in [-0.1, -0.05) is 0 Å². The molecule has 0 bridgehead atoms. The van der Waals surface area contributed by atoms with E-state index in [0.717, 1.165) is 12.1 Å². The van der Waals surface area contributed by atoms with Crippen molar-refractivity contribution in [2.24, 2.45) is 0 Å². The van der Waals surface area contributed by atoms with Crippen LogP contribution in [0, 0.1) is 27.2 Å². The van der Waals surface area contributed by atoms with Gasteiger partial charge in [0.2, 0.25) is 0 Å². The number of carboxylic acid groups (broad SMARTS) is 1. The Morgan fingerprint density at radius 2 is 1.72 bits per heavy atom. The highest BCUT2D eigenvalue weighted by Gasteiger charge is 2.28. The van der Waals surface area contributed by atoms with E-state index in [2.05, 4.69) is 10.1 Å². The number of nitrogens with two attached hydrogens (primary N) is 1. The molecule has 0 atom stereocenters. The molecule has 0 fully saturated rings. The summed E-state index contributed by atoms with van der Waals surface area (Å²) in [5.74, 6) is -0.537. The summed E-state index contributed by atoms with van der Waals surface area (Å²) < 4.78 is 4.30. The molecule has 0 saturated carbocycles. The molecule has 0 heterocycles. The molecule has 0 aromatic heterocycles. The van der Waals surface area contributed by atoms with Gasteiger partial charge in [-0.2, -0.15) is 0 Å². The van der Waals surface area contributed by atoms with Crippen molar-refractivity contribution in [1.29, 1.82) is 0 Å². The normalized spacial score (nSPS) is 10.1. The molecular formula is C14H12N4O7. The van der Waals surface area contributed by atoms with Crippen molar-refractivity contribution in [2.45, 2.75) is 6.92 Å². The summed E-state index contributed by atoms with van der Waals surface area (Å²) in [6.07, 6.45) is -1.75. The number of nitro groups is 2. The van der Waals surface area contributed by atoms with Crippen molar-refractivity contribution in [2.75, 3.05) is 11.1 Å². The fourth-order valence-electron chi connectivity index (χ4n) is 2.06. The van der Waals surface area contributed by atoms with Crippen molar-refractivity contribution in [1.82, 2.24) is 0 Å². The second-order valence-corrected chi connectivity index (χ2v) is 4.92. The molecular weight excluding hydrogens is 336 g/mol. The van der Waals surface area contributed by atoms with Gasteiger partial charge in [-0.05, 0) is 30.7 Å². The van der Waals surface area contributed by atoms with E-state index < -0.39 is 38.8 Å². The highest BCUT2D eigenvalue weighted by atomic mass is 16.7.